The van der Waals surface area contributed by atoms with Crippen LogP contribution in [-0.4, -0.2) is 15.0 Å². The highest BCUT2D eigenvalue weighted by Crippen LogP contribution is 2.38. The van der Waals surface area contributed by atoms with Crippen LogP contribution in [-0.2, 0) is 73.0 Å². The normalized spacial score (nSPS) is 16.2. The number of benzene rings is 7. The van der Waals surface area contributed by atoms with Gasteiger partial charge in [-0.25, -0.2) is 0 Å². The summed E-state index contributed by atoms with van der Waals surface area (Å²) in [5, 5.41) is 0. The largest absolute Gasteiger partial charge is 0.256 e. The molecule has 31 rings (SSSR count). The molecule has 0 fully saturated rings. The van der Waals surface area contributed by atoms with Gasteiger partial charge in [-0.2, -0.15) is 0 Å². The Morgan fingerprint density at radius 1 is 0.263 bits per heavy atom. The fourth-order valence-electron chi connectivity index (χ4n) is 13.0. The van der Waals surface area contributed by atoms with Crippen molar-refractivity contribution >= 4 is 0 Å². The maximum absolute atomic E-state index is 5.29. The van der Waals surface area contributed by atoms with Gasteiger partial charge in [-0.15, -0.1) is 0 Å². The molecule has 12 aliphatic heterocycles. The number of rotatable bonds is 2. The Morgan fingerprint density at radius 2 is 0.650 bits per heavy atom. The Hall–Kier alpha value is -8.01. The minimum atomic E-state index is -0.175. The van der Waals surface area contributed by atoms with Gasteiger partial charge in [0.05, 0.1) is 17.1 Å². The summed E-state index contributed by atoms with van der Waals surface area (Å²) in [4.78, 5) is 15.6. The zero-order valence-corrected chi connectivity index (χ0v) is 48.2. The standard InChI is InChI=1S/C77H75N3/c1-74(2)45-55-37-53-18-17-52-19-22-60(23-20-52)71-35-33-68(50-79-71)76(5,6)47-57-39-54(40-58(42-57)48-77(7,8)69-34-36-72(80-51-69)61-25-29-66(74)30-26-61)21-24-65-49-78-73(62-27-31-67(32-28-62)75(3,4)46-56(38-53)41-55)44-70(65)64-16-12-15-63(43-64)59-13-10-9-11-14-59/h9-16,19-20,22-23,25-44,49-51H,17-18,21,24,45-48H2,1-8H3. The lowest BCUT2D eigenvalue weighted by molar-refractivity contribution is 0.512. The number of aryl methyl sites for hydroxylation is 4. The fourth-order valence-corrected chi connectivity index (χ4v) is 13.0. The molecular weight excluding hydrogens is 967 g/mol. The maximum Gasteiger partial charge on any atom is 0.0708 e. The molecule has 10 aromatic rings. The Labute approximate surface area is 476 Å². The van der Waals surface area contributed by atoms with Crippen LogP contribution in [0.2, 0.25) is 0 Å². The molecule has 9 aliphatic carbocycles. The molecular formula is C77H75N3. The molecule has 80 heavy (non-hydrogen) atoms. The van der Waals surface area contributed by atoms with E-state index in [1.807, 2.05) is 0 Å². The first-order valence-corrected chi connectivity index (χ1v) is 29.1. The van der Waals surface area contributed by atoms with Gasteiger partial charge in [-0.05, 0) is 186 Å². The van der Waals surface area contributed by atoms with E-state index < -0.39 is 0 Å². The molecule has 0 spiro atoms. The third kappa shape index (κ3) is 11.4. The zero-order valence-electron chi connectivity index (χ0n) is 48.2. The fraction of sp³-hybridized carbons (Fsp3) is 0.260. The molecule has 21 aliphatic rings. The summed E-state index contributed by atoms with van der Waals surface area (Å²) >= 11 is 0. The minimum Gasteiger partial charge on any atom is -0.256 e. The van der Waals surface area contributed by atoms with Crippen molar-refractivity contribution < 1.29 is 0 Å². The van der Waals surface area contributed by atoms with Gasteiger partial charge >= 0.3 is 0 Å². The molecule has 15 heterocycles. The highest BCUT2D eigenvalue weighted by Gasteiger charge is 2.28. The molecule has 398 valence electrons. The predicted octanol–water partition coefficient (Wildman–Crippen LogP) is 18.5. The molecule has 0 unspecified atom stereocenters. The molecule has 0 N–H and O–H groups in total. The van der Waals surface area contributed by atoms with E-state index in [-0.39, 0.29) is 21.7 Å². The smallest absolute Gasteiger partial charge is 0.0708 e. The van der Waals surface area contributed by atoms with Crippen LogP contribution in [0.15, 0.2) is 213 Å². The summed E-state index contributed by atoms with van der Waals surface area (Å²) < 4.78 is 0. The Kier molecular flexibility index (Phi) is 14.0. The molecule has 3 aromatic heterocycles. The Balaban J connectivity index is 1.02. The average molecular weight is 1040 g/mol. The highest BCUT2D eigenvalue weighted by molar-refractivity contribution is 5.78. The van der Waals surface area contributed by atoms with Crippen LogP contribution >= 0.6 is 0 Å². The van der Waals surface area contributed by atoms with E-state index >= 15 is 0 Å². The highest BCUT2D eigenvalue weighted by atomic mass is 14.7. The van der Waals surface area contributed by atoms with Crippen molar-refractivity contribution in [2.45, 2.75) is 128 Å². The SMILES string of the molecule is CC1(C)Cc2cc3cc(c2)CC(C)(C)c2ccc(cc2)-c2cc(-c4cccc(-c5ccccc5)c4)c(cn2)CCc2cc(cc(c2)CC(C)(C)c2ccc(nc2)-c2ccc1cc2)CC(C)(C)c1ccc(nc1)-c1ccc(cc1)CC3. The topological polar surface area (TPSA) is 38.7 Å². The maximum atomic E-state index is 5.29. The first kappa shape index (κ1) is 52.7. The van der Waals surface area contributed by atoms with Crippen LogP contribution in [0, 0.1) is 0 Å². The first-order valence-electron chi connectivity index (χ1n) is 29.1. The third-order valence-electron chi connectivity index (χ3n) is 17.7. The van der Waals surface area contributed by atoms with E-state index in [1.165, 1.54) is 89.0 Å². The second-order valence-corrected chi connectivity index (χ2v) is 25.9. The van der Waals surface area contributed by atoms with Gasteiger partial charge in [0.2, 0.25) is 0 Å². The van der Waals surface area contributed by atoms with Gasteiger partial charge in [0.15, 0.2) is 0 Å². The van der Waals surface area contributed by atoms with Gasteiger partial charge in [0.25, 0.3) is 0 Å². The van der Waals surface area contributed by atoms with Crippen molar-refractivity contribution in [3.63, 3.8) is 0 Å². The van der Waals surface area contributed by atoms with Crippen LogP contribution in [0.4, 0.5) is 0 Å². The van der Waals surface area contributed by atoms with Crippen molar-refractivity contribution in [1.82, 2.24) is 15.0 Å². The minimum absolute atomic E-state index is 0.103. The average Bonchev–Trinajstić information content (AvgIpc) is 3.47. The van der Waals surface area contributed by atoms with Crippen molar-refractivity contribution in [2.75, 3.05) is 0 Å². The van der Waals surface area contributed by atoms with Gasteiger partial charge in [0.1, 0.15) is 0 Å². The molecule has 3 heteroatoms. The summed E-state index contributed by atoms with van der Waals surface area (Å²) in [6.07, 6.45) is 13.7. The van der Waals surface area contributed by atoms with Crippen LogP contribution in [0.25, 0.3) is 56.0 Å². The number of aromatic nitrogens is 3. The molecule has 18 bridgehead atoms. The number of hydrogen-bond acceptors (Lipinski definition) is 3. The molecule has 0 atom stereocenters. The van der Waals surface area contributed by atoms with E-state index in [4.69, 9.17) is 15.0 Å². The van der Waals surface area contributed by atoms with Crippen molar-refractivity contribution in [3.05, 3.63) is 279 Å². The van der Waals surface area contributed by atoms with Crippen molar-refractivity contribution in [1.29, 1.82) is 0 Å². The molecule has 7 aromatic carbocycles. The van der Waals surface area contributed by atoms with Gasteiger partial charge < -0.3 is 0 Å². The van der Waals surface area contributed by atoms with E-state index in [1.54, 1.807) is 0 Å². The van der Waals surface area contributed by atoms with E-state index in [2.05, 4.69) is 268 Å². The van der Waals surface area contributed by atoms with E-state index in [0.717, 1.165) is 85.1 Å². The molecule has 0 amide bonds. The number of nitrogens with zero attached hydrogens (tertiary/aromatic N) is 3. The monoisotopic (exact) mass is 1040 g/mol. The predicted molar refractivity (Wildman–Crippen MR) is 335 cm³/mol. The van der Waals surface area contributed by atoms with Crippen LogP contribution in [0.5, 0.6) is 0 Å². The quantitative estimate of drug-likeness (QED) is 0.173. The summed E-state index contributed by atoms with van der Waals surface area (Å²) in [5.74, 6) is 0. The first-order chi connectivity index (χ1) is 38.5. The second kappa shape index (κ2) is 21.2. The molecule has 0 saturated carbocycles. The summed E-state index contributed by atoms with van der Waals surface area (Å²) in [6.45, 7) is 19.1. The lowest BCUT2D eigenvalue weighted by Gasteiger charge is -2.29. The van der Waals surface area contributed by atoms with E-state index in [0.29, 0.717) is 0 Å². The van der Waals surface area contributed by atoms with E-state index in [9.17, 15) is 0 Å². The molecule has 0 saturated heterocycles. The number of hydrogen-bond donors (Lipinski definition) is 0. The Morgan fingerprint density at radius 3 is 1.14 bits per heavy atom. The van der Waals surface area contributed by atoms with Crippen molar-refractivity contribution in [2.24, 2.45) is 0 Å². The molecule has 0 radical (unpaired) electrons. The zero-order chi connectivity index (χ0) is 55.2. The van der Waals surface area contributed by atoms with Gasteiger partial charge in [-0.3, -0.25) is 15.0 Å². The molecule has 3 nitrogen and oxygen atoms in total. The van der Waals surface area contributed by atoms with Crippen LogP contribution in [0.1, 0.15) is 122 Å². The lowest BCUT2D eigenvalue weighted by atomic mass is 9.76. The van der Waals surface area contributed by atoms with Gasteiger partial charge in [0, 0.05) is 35.3 Å². The van der Waals surface area contributed by atoms with Crippen LogP contribution < -0.4 is 0 Å². The van der Waals surface area contributed by atoms with Gasteiger partial charge in [-0.1, -0.05) is 225 Å². The summed E-state index contributed by atoms with van der Waals surface area (Å²) in [6, 6.07) is 73.7. The van der Waals surface area contributed by atoms with Crippen molar-refractivity contribution in [3.8, 4) is 56.0 Å². The number of pyridine rings is 3. The second-order valence-electron chi connectivity index (χ2n) is 25.9. The van der Waals surface area contributed by atoms with Crippen LogP contribution in [0.3, 0.4) is 0 Å². The third-order valence-corrected chi connectivity index (χ3v) is 17.7. The lowest BCUT2D eigenvalue weighted by Crippen LogP contribution is -2.23. The Bertz CT molecular complexity index is 3820. The summed E-state index contributed by atoms with van der Waals surface area (Å²) in [5.41, 5.74) is 26.6. The summed E-state index contributed by atoms with van der Waals surface area (Å²) in [7, 11) is 0.